The molecular weight excluding hydrogens is 360 g/mol. The zero-order chi connectivity index (χ0) is 19.7. The number of fused-ring (bicyclic) bond motifs is 1. The molecule has 1 aliphatic rings. The van der Waals surface area contributed by atoms with Crippen molar-refractivity contribution in [1.82, 2.24) is 19.8 Å². The maximum absolute atomic E-state index is 12.7. The van der Waals surface area contributed by atoms with Crippen LogP contribution in [-0.4, -0.2) is 46.0 Å². The number of benzene rings is 1. The first-order chi connectivity index (χ1) is 12.7. The van der Waals surface area contributed by atoms with Crippen LogP contribution in [-0.2, 0) is 7.05 Å². The Bertz CT molecular complexity index is 955. The lowest BCUT2D eigenvalue weighted by atomic mass is 9.92. The minimum atomic E-state index is -0.164. The molecule has 0 radical (unpaired) electrons. The molecular formula is C20H28N4O2S. The van der Waals surface area contributed by atoms with Crippen LogP contribution in [0.25, 0.3) is 10.9 Å². The van der Waals surface area contributed by atoms with Crippen LogP contribution < -0.4 is 10.9 Å². The molecule has 27 heavy (non-hydrogen) atoms. The summed E-state index contributed by atoms with van der Waals surface area (Å²) in [4.78, 5) is 30.4. The van der Waals surface area contributed by atoms with Crippen LogP contribution in [0.4, 0.5) is 0 Å². The van der Waals surface area contributed by atoms with Gasteiger partial charge < -0.3 is 15.2 Å². The number of nitrogens with one attached hydrogen (secondary N) is 2. The van der Waals surface area contributed by atoms with Gasteiger partial charge >= 0.3 is 0 Å². The van der Waals surface area contributed by atoms with E-state index in [1.165, 1.54) is 11.0 Å². The van der Waals surface area contributed by atoms with Gasteiger partial charge in [0, 0.05) is 38.3 Å². The number of rotatable bonds is 4. The van der Waals surface area contributed by atoms with Crippen LogP contribution in [0.15, 0.2) is 23.0 Å². The SMILES string of the molecule is CC1CC(C)CN(CC(C)NC(=O)c2ccc3c(=O)n(C)c(=S)[nH]c3c2)C1. The van der Waals surface area contributed by atoms with Crippen molar-refractivity contribution in [2.45, 2.75) is 33.2 Å². The molecule has 3 atom stereocenters. The van der Waals surface area contributed by atoms with Crippen LogP contribution in [0.5, 0.6) is 0 Å². The normalized spacial score (nSPS) is 21.9. The van der Waals surface area contributed by atoms with E-state index in [1.807, 2.05) is 6.92 Å². The number of piperidine rings is 1. The van der Waals surface area contributed by atoms with Gasteiger partial charge in [0.25, 0.3) is 11.5 Å². The third-order valence-corrected chi connectivity index (χ3v) is 5.59. The van der Waals surface area contributed by atoms with Gasteiger partial charge in [-0.1, -0.05) is 13.8 Å². The van der Waals surface area contributed by atoms with Crippen LogP contribution in [0.2, 0.25) is 0 Å². The zero-order valence-electron chi connectivity index (χ0n) is 16.4. The van der Waals surface area contributed by atoms with Gasteiger partial charge in [-0.3, -0.25) is 14.2 Å². The fourth-order valence-electron chi connectivity index (χ4n) is 4.13. The van der Waals surface area contributed by atoms with Gasteiger partial charge in [0.2, 0.25) is 0 Å². The molecule has 0 bridgehead atoms. The van der Waals surface area contributed by atoms with Gasteiger partial charge in [-0.05, 0) is 55.6 Å². The Morgan fingerprint density at radius 1 is 1.33 bits per heavy atom. The van der Waals surface area contributed by atoms with Crippen molar-refractivity contribution in [2.24, 2.45) is 18.9 Å². The van der Waals surface area contributed by atoms with Crippen molar-refractivity contribution < 1.29 is 4.79 Å². The fraction of sp³-hybridized carbons (Fsp3) is 0.550. The van der Waals surface area contributed by atoms with E-state index >= 15 is 0 Å². The monoisotopic (exact) mass is 388 g/mol. The lowest BCUT2D eigenvalue weighted by molar-refractivity contribution is 0.0905. The Kier molecular flexibility index (Phi) is 5.81. The van der Waals surface area contributed by atoms with E-state index in [0.29, 0.717) is 33.1 Å². The molecule has 1 saturated heterocycles. The molecule has 7 heteroatoms. The predicted octanol–water partition coefficient (Wildman–Crippen LogP) is 2.69. The van der Waals surface area contributed by atoms with E-state index in [4.69, 9.17) is 12.2 Å². The van der Waals surface area contributed by atoms with Gasteiger partial charge in [-0.25, -0.2) is 0 Å². The summed E-state index contributed by atoms with van der Waals surface area (Å²) < 4.78 is 1.73. The van der Waals surface area contributed by atoms with Gasteiger partial charge in [0.1, 0.15) is 0 Å². The largest absolute Gasteiger partial charge is 0.348 e. The van der Waals surface area contributed by atoms with E-state index in [9.17, 15) is 9.59 Å². The van der Waals surface area contributed by atoms with E-state index in [-0.39, 0.29) is 17.5 Å². The summed E-state index contributed by atoms with van der Waals surface area (Å²) in [6, 6.07) is 5.11. The Balaban J connectivity index is 1.71. The number of likely N-dealkylation sites (tertiary alicyclic amines) is 1. The van der Waals surface area contributed by atoms with Crippen LogP contribution in [0.3, 0.4) is 0 Å². The molecule has 2 N–H and O–H groups in total. The molecule has 0 spiro atoms. The van der Waals surface area contributed by atoms with Crippen molar-refractivity contribution in [2.75, 3.05) is 19.6 Å². The molecule has 1 aliphatic heterocycles. The first-order valence-electron chi connectivity index (χ1n) is 9.51. The highest BCUT2D eigenvalue weighted by Crippen LogP contribution is 2.21. The standard InChI is InChI=1S/C20H28N4O2S/c1-12-7-13(2)10-24(9-12)11-14(3)21-18(25)15-5-6-16-17(8-15)22-20(27)23(4)19(16)26/h5-6,8,12-14H,7,9-11H2,1-4H3,(H,21,25)(H,22,27). The number of H-pyrrole nitrogens is 1. The van der Waals surface area contributed by atoms with E-state index < -0.39 is 0 Å². The quantitative estimate of drug-likeness (QED) is 0.790. The van der Waals surface area contributed by atoms with Gasteiger partial charge in [-0.2, -0.15) is 0 Å². The third kappa shape index (κ3) is 4.47. The molecule has 2 aromatic rings. The van der Waals surface area contributed by atoms with Gasteiger partial charge in [0.15, 0.2) is 4.77 Å². The maximum atomic E-state index is 12.7. The van der Waals surface area contributed by atoms with Crippen molar-refractivity contribution in [1.29, 1.82) is 0 Å². The summed E-state index contributed by atoms with van der Waals surface area (Å²) in [6.45, 7) is 9.62. The second kappa shape index (κ2) is 7.94. The summed E-state index contributed by atoms with van der Waals surface area (Å²) in [5.74, 6) is 1.26. The summed E-state index contributed by atoms with van der Waals surface area (Å²) in [5.41, 5.74) is 0.943. The minimum absolute atomic E-state index is 0.0489. The molecule has 0 aliphatic carbocycles. The van der Waals surface area contributed by atoms with Crippen molar-refractivity contribution >= 4 is 29.0 Å². The number of aromatic amines is 1. The Hall–Kier alpha value is -1.99. The first kappa shape index (κ1) is 19.8. The summed E-state index contributed by atoms with van der Waals surface area (Å²) in [7, 11) is 1.63. The molecule has 1 amide bonds. The predicted molar refractivity (Wildman–Crippen MR) is 111 cm³/mol. The second-order valence-corrected chi connectivity index (χ2v) is 8.48. The number of carbonyl (C=O) groups is 1. The smallest absolute Gasteiger partial charge is 0.261 e. The molecule has 1 aromatic carbocycles. The van der Waals surface area contributed by atoms with Crippen LogP contribution in [0, 0.1) is 16.6 Å². The van der Waals surface area contributed by atoms with Crippen molar-refractivity contribution in [3.63, 3.8) is 0 Å². The highest BCUT2D eigenvalue weighted by molar-refractivity contribution is 7.71. The number of nitrogens with zero attached hydrogens (tertiary/aromatic N) is 2. The van der Waals surface area contributed by atoms with Crippen molar-refractivity contribution in [3.05, 3.63) is 38.9 Å². The molecule has 1 aromatic heterocycles. The zero-order valence-corrected chi connectivity index (χ0v) is 17.2. The summed E-state index contributed by atoms with van der Waals surface area (Å²) in [6.07, 6.45) is 1.27. The Labute approximate surface area is 164 Å². The molecule has 3 rings (SSSR count). The first-order valence-corrected chi connectivity index (χ1v) is 9.91. The molecule has 3 unspecified atom stereocenters. The van der Waals surface area contributed by atoms with E-state index in [1.54, 1.807) is 25.2 Å². The Morgan fingerprint density at radius 2 is 2.00 bits per heavy atom. The van der Waals surface area contributed by atoms with E-state index in [2.05, 4.69) is 29.0 Å². The molecule has 6 nitrogen and oxygen atoms in total. The number of aromatic nitrogens is 2. The van der Waals surface area contributed by atoms with Crippen molar-refractivity contribution in [3.8, 4) is 0 Å². The fourth-order valence-corrected chi connectivity index (χ4v) is 4.32. The van der Waals surface area contributed by atoms with E-state index in [0.717, 1.165) is 19.6 Å². The molecule has 2 heterocycles. The average Bonchev–Trinajstić information content (AvgIpc) is 2.58. The number of carbonyl (C=O) groups excluding carboxylic acids is 1. The van der Waals surface area contributed by atoms with Gasteiger partial charge in [0.05, 0.1) is 10.9 Å². The number of amides is 1. The maximum Gasteiger partial charge on any atom is 0.261 e. The third-order valence-electron chi connectivity index (χ3n) is 5.22. The highest BCUT2D eigenvalue weighted by Gasteiger charge is 2.23. The lowest BCUT2D eigenvalue weighted by Crippen LogP contribution is -2.47. The summed E-state index contributed by atoms with van der Waals surface area (Å²) in [5, 5.41) is 3.59. The minimum Gasteiger partial charge on any atom is -0.348 e. The van der Waals surface area contributed by atoms with Crippen LogP contribution in [0.1, 0.15) is 37.6 Å². The lowest BCUT2D eigenvalue weighted by Gasteiger charge is -2.36. The molecule has 146 valence electrons. The Morgan fingerprint density at radius 3 is 2.67 bits per heavy atom. The topological polar surface area (TPSA) is 70.1 Å². The highest BCUT2D eigenvalue weighted by atomic mass is 32.1. The second-order valence-electron chi connectivity index (χ2n) is 8.09. The summed E-state index contributed by atoms with van der Waals surface area (Å²) >= 11 is 5.16. The average molecular weight is 389 g/mol. The van der Waals surface area contributed by atoms with Crippen LogP contribution >= 0.6 is 12.2 Å². The number of hydrogen-bond acceptors (Lipinski definition) is 4. The van der Waals surface area contributed by atoms with Gasteiger partial charge in [-0.15, -0.1) is 0 Å². The molecule has 1 fully saturated rings. The number of hydrogen-bond donors (Lipinski definition) is 2. The molecule has 0 saturated carbocycles.